The molecule has 0 aromatic heterocycles. The third-order valence-corrected chi connectivity index (χ3v) is 3.24. The summed E-state index contributed by atoms with van der Waals surface area (Å²) in [6.07, 6.45) is 1.89. The Morgan fingerprint density at radius 3 is 2.13 bits per heavy atom. The molecule has 2 heteroatoms. The quantitative estimate of drug-likeness (QED) is 0.709. The van der Waals surface area contributed by atoms with Gasteiger partial charge >= 0.3 is 0 Å². The largest absolute Gasteiger partial charge is 0.399 e. The van der Waals surface area contributed by atoms with E-state index in [4.69, 9.17) is 5.73 Å². The van der Waals surface area contributed by atoms with Gasteiger partial charge < -0.3 is 5.73 Å². The number of nitrogens with two attached hydrogens (primary N) is 1. The van der Waals surface area contributed by atoms with Crippen LogP contribution in [0.25, 0.3) is 0 Å². The highest BCUT2D eigenvalue weighted by molar-refractivity contribution is 5.45. The van der Waals surface area contributed by atoms with E-state index >= 15 is 0 Å². The van der Waals surface area contributed by atoms with E-state index in [1.165, 1.54) is 0 Å². The first-order valence-electron chi connectivity index (χ1n) is 5.25. The number of anilines is 1. The monoisotopic (exact) mass is 200 g/mol. The summed E-state index contributed by atoms with van der Waals surface area (Å²) in [6, 6.07) is 10.2. The summed E-state index contributed by atoms with van der Waals surface area (Å²) in [5, 5.41) is 9.31. The van der Waals surface area contributed by atoms with Gasteiger partial charge in [-0.3, -0.25) is 0 Å². The molecule has 1 fully saturated rings. The molecule has 0 unspecified atom stereocenters. The molecule has 0 spiro atoms. The Kier molecular flexibility index (Phi) is 2.01. The molecule has 2 rings (SSSR count). The summed E-state index contributed by atoms with van der Waals surface area (Å²) in [5.74, 6) is 0. The molecule has 0 heterocycles. The van der Waals surface area contributed by atoms with Gasteiger partial charge in [-0.2, -0.15) is 5.26 Å². The first-order valence-corrected chi connectivity index (χ1v) is 5.25. The van der Waals surface area contributed by atoms with Crippen molar-refractivity contribution in [2.45, 2.75) is 32.1 Å². The summed E-state index contributed by atoms with van der Waals surface area (Å²) in [5.41, 5.74) is 7.54. The first kappa shape index (κ1) is 10.0. The number of nitriles is 1. The van der Waals surface area contributed by atoms with Crippen LogP contribution in [-0.4, -0.2) is 0 Å². The van der Waals surface area contributed by atoms with E-state index in [0.717, 1.165) is 24.1 Å². The third-order valence-electron chi connectivity index (χ3n) is 3.24. The zero-order valence-electron chi connectivity index (χ0n) is 9.25. The van der Waals surface area contributed by atoms with Gasteiger partial charge in [-0.05, 0) is 36.0 Å². The summed E-state index contributed by atoms with van der Waals surface area (Å²) in [6.45, 7) is 4.42. The number of nitrogen functional groups attached to an aromatic ring is 1. The van der Waals surface area contributed by atoms with Crippen molar-refractivity contribution in [3.8, 4) is 6.07 Å². The average molecular weight is 200 g/mol. The van der Waals surface area contributed by atoms with Gasteiger partial charge in [0, 0.05) is 5.69 Å². The molecule has 1 aliphatic rings. The molecule has 0 atom stereocenters. The molecule has 1 saturated carbocycles. The molecule has 1 aromatic rings. The van der Waals surface area contributed by atoms with Gasteiger partial charge in [0.05, 0.1) is 11.5 Å². The minimum Gasteiger partial charge on any atom is -0.399 e. The van der Waals surface area contributed by atoms with Crippen LogP contribution in [0.4, 0.5) is 5.69 Å². The van der Waals surface area contributed by atoms with Crippen LogP contribution >= 0.6 is 0 Å². The van der Waals surface area contributed by atoms with E-state index in [-0.39, 0.29) is 5.41 Å². The highest BCUT2D eigenvalue weighted by Crippen LogP contribution is 2.54. The van der Waals surface area contributed by atoms with Crippen LogP contribution in [0.3, 0.4) is 0 Å². The highest BCUT2D eigenvalue weighted by Gasteiger charge is 2.50. The molecular formula is C13H16N2. The average Bonchev–Trinajstić information content (AvgIpc) is 2.14. The molecule has 0 saturated heterocycles. The maximum absolute atomic E-state index is 9.31. The molecule has 0 radical (unpaired) electrons. The highest BCUT2D eigenvalue weighted by atomic mass is 14.6. The van der Waals surface area contributed by atoms with Crippen molar-refractivity contribution in [1.29, 1.82) is 5.26 Å². The van der Waals surface area contributed by atoms with Gasteiger partial charge in [-0.25, -0.2) is 0 Å². The lowest BCUT2D eigenvalue weighted by Crippen LogP contribution is -2.45. The number of benzene rings is 1. The third kappa shape index (κ3) is 1.59. The van der Waals surface area contributed by atoms with E-state index in [9.17, 15) is 5.26 Å². The normalized spacial score (nSPS) is 21.4. The van der Waals surface area contributed by atoms with Crippen molar-refractivity contribution in [1.82, 2.24) is 0 Å². The van der Waals surface area contributed by atoms with E-state index in [2.05, 4.69) is 19.9 Å². The summed E-state index contributed by atoms with van der Waals surface area (Å²) < 4.78 is 0. The van der Waals surface area contributed by atoms with Gasteiger partial charge in [0.25, 0.3) is 0 Å². The summed E-state index contributed by atoms with van der Waals surface area (Å²) >= 11 is 0. The fraction of sp³-hybridized carbons (Fsp3) is 0.462. The lowest BCUT2D eigenvalue weighted by atomic mass is 9.52. The molecule has 15 heavy (non-hydrogen) atoms. The second-order valence-electron chi connectivity index (χ2n) is 5.33. The maximum Gasteiger partial charge on any atom is 0.0832 e. The molecule has 2 N–H and O–H groups in total. The van der Waals surface area contributed by atoms with Crippen LogP contribution in [0, 0.1) is 16.7 Å². The Morgan fingerprint density at radius 2 is 1.73 bits per heavy atom. The molecule has 78 valence electrons. The number of hydrogen-bond acceptors (Lipinski definition) is 2. The van der Waals surface area contributed by atoms with Crippen LogP contribution in [-0.2, 0) is 5.41 Å². The van der Waals surface area contributed by atoms with Crippen LogP contribution in [0.1, 0.15) is 32.3 Å². The lowest BCUT2D eigenvalue weighted by molar-refractivity contribution is 0.0999. The second kappa shape index (κ2) is 3.00. The van der Waals surface area contributed by atoms with Crippen molar-refractivity contribution in [2.75, 3.05) is 5.73 Å². The summed E-state index contributed by atoms with van der Waals surface area (Å²) in [7, 11) is 0. The molecule has 1 aromatic carbocycles. The standard InChI is InChI=1S/C13H16N2/c1-12(2)7-13(8-12,9-14)10-3-5-11(15)6-4-10/h3-6H,7-8,15H2,1-2H3. The maximum atomic E-state index is 9.31. The van der Waals surface area contributed by atoms with Crippen LogP contribution < -0.4 is 5.73 Å². The number of hydrogen-bond donors (Lipinski definition) is 1. The Morgan fingerprint density at radius 1 is 1.20 bits per heavy atom. The van der Waals surface area contributed by atoms with E-state index in [1.54, 1.807) is 0 Å². The zero-order chi connectivity index (χ0) is 11.1. The smallest absolute Gasteiger partial charge is 0.0832 e. The molecule has 0 aliphatic heterocycles. The predicted octanol–water partition coefficient (Wildman–Crippen LogP) is 2.85. The minimum atomic E-state index is -0.267. The predicted molar refractivity (Wildman–Crippen MR) is 61.2 cm³/mol. The van der Waals surface area contributed by atoms with E-state index in [0.29, 0.717) is 5.41 Å². The molecule has 0 bridgehead atoms. The fourth-order valence-electron chi connectivity index (χ4n) is 2.73. The minimum absolute atomic E-state index is 0.267. The van der Waals surface area contributed by atoms with Crippen molar-refractivity contribution in [3.05, 3.63) is 29.8 Å². The summed E-state index contributed by atoms with van der Waals surface area (Å²) in [4.78, 5) is 0. The lowest BCUT2D eigenvalue weighted by Gasteiger charge is -2.49. The van der Waals surface area contributed by atoms with Crippen LogP contribution in [0.15, 0.2) is 24.3 Å². The SMILES string of the molecule is CC1(C)CC(C#N)(c2ccc(N)cc2)C1. The van der Waals surface area contributed by atoms with Crippen molar-refractivity contribution in [2.24, 2.45) is 5.41 Å². The van der Waals surface area contributed by atoms with Gasteiger partial charge in [0.1, 0.15) is 0 Å². The van der Waals surface area contributed by atoms with Crippen molar-refractivity contribution in [3.63, 3.8) is 0 Å². The van der Waals surface area contributed by atoms with Crippen LogP contribution in [0.2, 0.25) is 0 Å². The van der Waals surface area contributed by atoms with Gasteiger partial charge in [-0.15, -0.1) is 0 Å². The first-order chi connectivity index (χ1) is 6.97. The molecule has 0 amide bonds. The Labute approximate surface area is 90.7 Å². The van der Waals surface area contributed by atoms with E-state index in [1.807, 2.05) is 24.3 Å². The van der Waals surface area contributed by atoms with Crippen LogP contribution in [0.5, 0.6) is 0 Å². The fourth-order valence-corrected chi connectivity index (χ4v) is 2.73. The number of nitrogens with zero attached hydrogens (tertiary/aromatic N) is 1. The van der Waals surface area contributed by atoms with Crippen molar-refractivity contribution >= 4 is 5.69 Å². The van der Waals surface area contributed by atoms with Gasteiger partial charge in [-0.1, -0.05) is 26.0 Å². The molecule has 2 nitrogen and oxygen atoms in total. The topological polar surface area (TPSA) is 49.8 Å². The van der Waals surface area contributed by atoms with Gasteiger partial charge in [0.15, 0.2) is 0 Å². The zero-order valence-corrected chi connectivity index (χ0v) is 9.25. The Hall–Kier alpha value is -1.49. The van der Waals surface area contributed by atoms with E-state index < -0.39 is 0 Å². The molecular weight excluding hydrogens is 184 g/mol. The molecule has 1 aliphatic carbocycles. The Balaban J connectivity index is 2.31. The van der Waals surface area contributed by atoms with Crippen molar-refractivity contribution < 1.29 is 0 Å². The van der Waals surface area contributed by atoms with Gasteiger partial charge in [0.2, 0.25) is 0 Å². The number of rotatable bonds is 1. The Bertz CT molecular complexity index is 401. The second-order valence-corrected chi connectivity index (χ2v) is 5.33.